The van der Waals surface area contributed by atoms with Gasteiger partial charge in [-0.05, 0) is 55.3 Å². The van der Waals surface area contributed by atoms with Crippen molar-refractivity contribution in [3.8, 4) is 28.6 Å². The summed E-state index contributed by atoms with van der Waals surface area (Å²) in [6, 6.07) is 17.3. The summed E-state index contributed by atoms with van der Waals surface area (Å²) in [5.74, 6) is 0.178. The minimum Gasteiger partial charge on any atom is -0.493 e. The number of ether oxygens (including phenoxy) is 3. The van der Waals surface area contributed by atoms with E-state index in [-0.39, 0.29) is 17.1 Å². The molecule has 0 aliphatic rings. The number of fused-ring (bicyclic) bond motifs is 1. The molecule has 0 aliphatic carbocycles. The highest BCUT2D eigenvalue weighted by atomic mass is 16.5. The molecule has 0 spiro atoms. The number of esters is 1. The molecule has 0 fully saturated rings. The van der Waals surface area contributed by atoms with Gasteiger partial charge in [0, 0.05) is 5.56 Å². The van der Waals surface area contributed by atoms with Gasteiger partial charge >= 0.3 is 5.97 Å². The maximum absolute atomic E-state index is 13.4. The van der Waals surface area contributed by atoms with Gasteiger partial charge in [0.15, 0.2) is 17.3 Å². The van der Waals surface area contributed by atoms with Gasteiger partial charge in [-0.25, -0.2) is 4.79 Å². The lowest BCUT2D eigenvalue weighted by Gasteiger charge is -2.13. The summed E-state index contributed by atoms with van der Waals surface area (Å²) in [6.45, 7) is 3.86. The second kappa shape index (κ2) is 8.59. The zero-order valence-corrected chi connectivity index (χ0v) is 18.2. The van der Waals surface area contributed by atoms with Crippen LogP contribution in [0, 0.1) is 13.8 Å². The van der Waals surface area contributed by atoms with Gasteiger partial charge in [0.2, 0.25) is 11.2 Å². The fraction of sp³-hybridized carbons (Fsp3) is 0.154. The fourth-order valence-electron chi connectivity index (χ4n) is 3.42. The third-order valence-corrected chi connectivity index (χ3v) is 5.31. The number of methoxy groups -OCH3 is 2. The largest absolute Gasteiger partial charge is 0.493 e. The van der Waals surface area contributed by atoms with Crippen molar-refractivity contribution < 1.29 is 23.4 Å². The maximum atomic E-state index is 13.4. The standard InChI is InChI=1S/C26H22O6/c1-15-12-19-21(13-16(15)2)31-24(17-8-6-5-7-9-17)25(23(19)27)32-26(28)18-10-11-20(29-3)22(14-18)30-4/h5-14H,1-4H3. The Labute approximate surface area is 185 Å². The molecule has 0 saturated heterocycles. The van der Waals surface area contributed by atoms with Gasteiger partial charge in [-0.3, -0.25) is 4.79 Å². The van der Waals surface area contributed by atoms with Gasteiger partial charge in [-0.2, -0.15) is 0 Å². The number of aryl methyl sites for hydroxylation is 2. The first-order valence-electron chi connectivity index (χ1n) is 10.0. The lowest BCUT2D eigenvalue weighted by atomic mass is 10.0. The predicted molar refractivity (Wildman–Crippen MR) is 122 cm³/mol. The van der Waals surface area contributed by atoms with Crippen LogP contribution in [-0.4, -0.2) is 20.2 Å². The smallest absolute Gasteiger partial charge is 0.343 e. The number of rotatable bonds is 5. The molecule has 1 heterocycles. The Morgan fingerprint density at radius 1 is 0.844 bits per heavy atom. The molecule has 3 aromatic carbocycles. The van der Waals surface area contributed by atoms with Gasteiger partial charge in [0.25, 0.3) is 0 Å². The SMILES string of the molecule is COc1ccc(C(=O)Oc2c(-c3ccccc3)oc3cc(C)c(C)cc3c2=O)cc1OC. The molecule has 0 atom stereocenters. The molecule has 6 nitrogen and oxygen atoms in total. The van der Waals surface area contributed by atoms with E-state index in [1.165, 1.54) is 20.3 Å². The van der Waals surface area contributed by atoms with Crippen LogP contribution in [0.25, 0.3) is 22.3 Å². The fourth-order valence-corrected chi connectivity index (χ4v) is 3.42. The van der Waals surface area contributed by atoms with Crippen LogP contribution < -0.4 is 19.6 Å². The molecule has 4 aromatic rings. The van der Waals surface area contributed by atoms with E-state index >= 15 is 0 Å². The molecule has 0 bridgehead atoms. The number of carbonyl (C=O) groups is 1. The van der Waals surface area contributed by atoms with E-state index in [2.05, 4.69) is 0 Å². The van der Waals surface area contributed by atoms with Gasteiger partial charge in [0.1, 0.15) is 5.58 Å². The predicted octanol–water partition coefficient (Wildman–Crippen LogP) is 5.31. The number of benzene rings is 3. The summed E-state index contributed by atoms with van der Waals surface area (Å²) >= 11 is 0. The third kappa shape index (κ3) is 3.83. The van der Waals surface area contributed by atoms with Gasteiger partial charge in [-0.15, -0.1) is 0 Å². The second-order valence-electron chi connectivity index (χ2n) is 7.35. The zero-order chi connectivity index (χ0) is 22.8. The van der Waals surface area contributed by atoms with Gasteiger partial charge in [0.05, 0.1) is 25.2 Å². The highest BCUT2D eigenvalue weighted by Crippen LogP contribution is 2.33. The minimum absolute atomic E-state index is 0.160. The minimum atomic E-state index is -0.710. The first kappa shape index (κ1) is 21.2. The van der Waals surface area contributed by atoms with Gasteiger partial charge in [-0.1, -0.05) is 30.3 Å². The average molecular weight is 430 g/mol. The Bertz CT molecular complexity index is 1370. The van der Waals surface area contributed by atoms with E-state index in [1.54, 1.807) is 30.3 Å². The topological polar surface area (TPSA) is 75.0 Å². The molecule has 0 N–H and O–H groups in total. The van der Waals surface area contributed by atoms with Crippen molar-refractivity contribution in [2.75, 3.05) is 14.2 Å². The van der Waals surface area contributed by atoms with E-state index < -0.39 is 11.4 Å². The Morgan fingerprint density at radius 2 is 1.53 bits per heavy atom. The van der Waals surface area contributed by atoms with Crippen LogP contribution in [0.4, 0.5) is 0 Å². The van der Waals surface area contributed by atoms with Crippen molar-refractivity contribution in [2.45, 2.75) is 13.8 Å². The average Bonchev–Trinajstić information content (AvgIpc) is 2.82. The molecular weight excluding hydrogens is 408 g/mol. The summed E-state index contributed by atoms with van der Waals surface area (Å²) in [7, 11) is 2.98. The molecule has 1 aromatic heterocycles. The van der Waals surface area contributed by atoms with Crippen LogP contribution >= 0.6 is 0 Å². The number of carbonyl (C=O) groups excluding carboxylic acids is 1. The second-order valence-corrected chi connectivity index (χ2v) is 7.35. The molecule has 0 amide bonds. The maximum Gasteiger partial charge on any atom is 0.343 e. The summed E-state index contributed by atoms with van der Waals surface area (Å²) in [5.41, 5.74) is 2.79. The molecule has 6 heteroatoms. The lowest BCUT2D eigenvalue weighted by molar-refractivity contribution is 0.0731. The van der Waals surface area contributed by atoms with Crippen LogP contribution in [0.5, 0.6) is 17.2 Å². The first-order valence-corrected chi connectivity index (χ1v) is 10.0. The van der Waals surface area contributed by atoms with E-state index in [0.717, 1.165) is 11.1 Å². The lowest BCUT2D eigenvalue weighted by Crippen LogP contribution is -2.16. The first-order chi connectivity index (χ1) is 15.4. The summed E-state index contributed by atoms with van der Waals surface area (Å²) in [5, 5.41) is 0.350. The molecule has 0 radical (unpaired) electrons. The van der Waals surface area contributed by atoms with Crippen molar-refractivity contribution in [3.05, 3.63) is 87.6 Å². The van der Waals surface area contributed by atoms with E-state index in [0.29, 0.717) is 28.0 Å². The Kier molecular flexibility index (Phi) is 5.69. The van der Waals surface area contributed by atoms with Gasteiger partial charge < -0.3 is 18.6 Å². The van der Waals surface area contributed by atoms with Crippen molar-refractivity contribution >= 4 is 16.9 Å². The quantitative estimate of drug-likeness (QED) is 0.399. The van der Waals surface area contributed by atoms with Crippen LogP contribution in [0.15, 0.2) is 69.9 Å². The Hall–Kier alpha value is -4.06. The summed E-state index contributed by atoms with van der Waals surface area (Å²) in [6.07, 6.45) is 0. The zero-order valence-electron chi connectivity index (χ0n) is 18.2. The molecule has 0 aliphatic heterocycles. The van der Waals surface area contributed by atoms with E-state index in [9.17, 15) is 9.59 Å². The highest BCUT2D eigenvalue weighted by Gasteiger charge is 2.22. The van der Waals surface area contributed by atoms with Crippen molar-refractivity contribution in [3.63, 3.8) is 0 Å². The Balaban J connectivity index is 1.87. The van der Waals surface area contributed by atoms with Crippen molar-refractivity contribution in [1.82, 2.24) is 0 Å². The molecule has 4 rings (SSSR count). The van der Waals surface area contributed by atoms with E-state index in [1.807, 2.05) is 38.1 Å². The molecule has 0 unspecified atom stereocenters. The van der Waals surface area contributed by atoms with Crippen LogP contribution in [0.1, 0.15) is 21.5 Å². The molecule has 0 saturated carbocycles. The monoisotopic (exact) mass is 430 g/mol. The van der Waals surface area contributed by atoms with Crippen LogP contribution in [0.2, 0.25) is 0 Å². The van der Waals surface area contributed by atoms with Crippen molar-refractivity contribution in [1.29, 1.82) is 0 Å². The molecule has 162 valence electrons. The normalized spacial score (nSPS) is 10.8. The van der Waals surface area contributed by atoms with Crippen LogP contribution in [-0.2, 0) is 0 Å². The molecular formula is C26H22O6. The number of hydrogen-bond donors (Lipinski definition) is 0. The van der Waals surface area contributed by atoms with Crippen LogP contribution in [0.3, 0.4) is 0 Å². The summed E-state index contributed by atoms with van der Waals surface area (Å²) < 4.78 is 22.2. The third-order valence-electron chi connectivity index (χ3n) is 5.31. The number of hydrogen-bond acceptors (Lipinski definition) is 6. The highest BCUT2D eigenvalue weighted by molar-refractivity contribution is 5.93. The molecule has 32 heavy (non-hydrogen) atoms. The van der Waals surface area contributed by atoms with Crippen molar-refractivity contribution in [2.24, 2.45) is 0 Å². The van der Waals surface area contributed by atoms with E-state index in [4.69, 9.17) is 18.6 Å². The summed E-state index contributed by atoms with van der Waals surface area (Å²) in [4.78, 5) is 26.4. The Morgan fingerprint density at radius 3 is 2.22 bits per heavy atom.